The van der Waals surface area contributed by atoms with Crippen LogP contribution in [0.5, 0.6) is 5.75 Å². The molecule has 3 N–H and O–H groups in total. The van der Waals surface area contributed by atoms with Gasteiger partial charge in [-0.15, -0.1) is 0 Å². The van der Waals surface area contributed by atoms with Gasteiger partial charge in [-0.25, -0.2) is 4.79 Å². The standard InChI is InChI=1S/C17H23N3O3/c1-23-15-4-2-3-14-16(15)13(9-19-14)5-7-18-17(22)20-8-6-12(10-20)11-21/h2-4,9,12,19,21H,5-8,10-11H2,1H3,(H,18,22)/t12-/m0/s1. The Morgan fingerprint density at radius 2 is 2.39 bits per heavy atom. The molecule has 0 unspecified atom stereocenters. The molecule has 23 heavy (non-hydrogen) atoms. The van der Waals surface area contributed by atoms with Crippen LogP contribution in [0, 0.1) is 5.92 Å². The van der Waals surface area contributed by atoms with E-state index in [2.05, 4.69) is 10.3 Å². The molecule has 0 bridgehead atoms. The summed E-state index contributed by atoms with van der Waals surface area (Å²) < 4.78 is 5.42. The average Bonchev–Trinajstić information content (AvgIpc) is 3.21. The molecule has 6 heteroatoms. The number of fused-ring (bicyclic) bond motifs is 1. The van der Waals surface area contributed by atoms with Gasteiger partial charge in [-0.3, -0.25) is 0 Å². The molecule has 0 saturated carbocycles. The summed E-state index contributed by atoms with van der Waals surface area (Å²) in [6.07, 6.45) is 3.59. The van der Waals surface area contributed by atoms with Crippen molar-refractivity contribution in [2.45, 2.75) is 12.8 Å². The van der Waals surface area contributed by atoms with Crippen molar-refractivity contribution in [2.24, 2.45) is 5.92 Å². The number of aromatic amines is 1. The molecule has 2 amide bonds. The van der Waals surface area contributed by atoms with Gasteiger partial charge >= 0.3 is 6.03 Å². The van der Waals surface area contributed by atoms with Crippen LogP contribution < -0.4 is 10.1 Å². The van der Waals surface area contributed by atoms with Gasteiger partial charge in [-0.1, -0.05) is 6.07 Å². The highest BCUT2D eigenvalue weighted by molar-refractivity contribution is 5.89. The first-order valence-corrected chi connectivity index (χ1v) is 7.99. The van der Waals surface area contributed by atoms with E-state index in [0.29, 0.717) is 13.1 Å². The van der Waals surface area contributed by atoms with Crippen LogP contribution in [0.3, 0.4) is 0 Å². The van der Waals surface area contributed by atoms with E-state index in [4.69, 9.17) is 9.84 Å². The van der Waals surface area contributed by atoms with E-state index < -0.39 is 0 Å². The van der Waals surface area contributed by atoms with Gasteiger partial charge in [-0.2, -0.15) is 0 Å². The molecule has 2 heterocycles. The average molecular weight is 317 g/mol. The Labute approximate surface area is 135 Å². The van der Waals surface area contributed by atoms with E-state index in [1.807, 2.05) is 24.4 Å². The maximum absolute atomic E-state index is 12.1. The fraction of sp³-hybridized carbons (Fsp3) is 0.471. The minimum atomic E-state index is -0.0484. The zero-order chi connectivity index (χ0) is 16.2. The summed E-state index contributed by atoms with van der Waals surface area (Å²) >= 11 is 0. The number of urea groups is 1. The van der Waals surface area contributed by atoms with Crippen LogP contribution >= 0.6 is 0 Å². The minimum Gasteiger partial charge on any atom is -0.496 e. The molecule has 0 spiro atoms. The van der Waals surface area contributed by atoms with Crippen LogP contribution in [0.15, 0.2) is 24.4 Å². The summed E-state index contributed by atoms with van der Waals surface area (Å²) in [6, 6.07) is 5.86. The summed E-state index contributed by atoms with van der Waals surface area (Å²) in [4.78, 5) is 17.1. The van der Waals surface area contributed by atoms with Crippen molar-refractivity contribution in [2.75, 3.05) is 33.4 Å². The molecule has 124 valence electrons. The van der Waals surface area contributed by atoms with Crippen molar-refractivity contribution in [3.8, 4) is 5.75 Å². The van der Waals surface area contributed by atoms with Crippen molar-refractivity contribution in [1.29, 1.82) is 0 Å². The van der Waals surface area contributed by atoms with Crippen LogP contribution in [-0.4, -0.2) is 54.4 Å². The molecule has 0 aliphatic carbocycles. The number of nitrogens with one attached hydrogen (secondary N) is 2. The summed E-state index contributed by atoms with van der Waals surface area (Å²) in [5.41, 5.74) is 2.17. The highest BCUT2D eigenvalue weighted by Gasteiger charge is 2.25. The van der Waals surface area contributed by atoms with Gasteiger partial charge in [0.05, 0.1) is 7.11 Å². The zero-order valence-corrected chi connectivity index (χ0v) is 13.3. The number of methoxy groups -OCH3 is 1. The monoisotopic (exact) mass is 317 g/mol. The van der Waals surface area contributed by atoms with Crippen molar-refractivity contribution in [3.05, 3.63) is 30.0 Å². The summed E-state index contributed by atoms with van der Waals surface area (Å²) in [5.74, 6) is 1.06. The molecule has 0 radical (unpaired) electrons. The Kier molecular flexibility index (Phi) is 4.71. The number of benzene rings is 1. The smallest absolute Gasteiger partial charge is 0.317 e. The number of nitrogens with zero attached hydrogens (tertiary/aromatic N) is 1. The molecular formula is C17H23N3O3. The molecule has 1 saturated heterocycles. The second-order valence-electron chi connectivity index (χ2n) is 5.96. The van der Waals surface area contributed by atoms with Gasteiger partial charge in [0.15, 0.2) is 0 Å². The van der Waals surface area contributed by atoms with Crippen molar-refractivity contribution < 1.29 is 14.6 Å². The fourth-order valence-electron chi connectivity index (χ4n) is 3.17. The second kappa shape index (κ2) is 6.91. The lowest BCUT2D eigenvalue weighted by Crippen LogP contribution is -2.39. The van der Waals surface area contributed by atoms with Crippen molar-refractivity contribution >= 4 is 16.9 Å². The minimum absolute atomic E-state index is 0.0484. The lowest BCUT2D eigenvalue weighted by molar-refractivity contribution is 0.198. The number of aliphatic hydroxyl groups is 1. The summed E-state index contributed by atoms with van der Waals surface area (Å²) in [6.45, 7) is 2.09. The predicted molar refractivity (Wildman–Crippen MR) is 88.7 cm³/mol. The largest absolute Gasteiger partial charge is 0.496 e. The van der Waals surface area contributed by atoms with Crippen molar-refractivity contribution in [1.82, 2.24) is 15.2 Å². The topological polar surface area (TPSA) is 77.6 Å². The SMILES string of the molecule is COc1cccc2[nH]cc(CCNC(=O)N3CC[C@H](CO)C3)c12. The fourth-order valence-corrected chi connectivity index (χ4v) is 3.17. The summed E-state index contributed by atoms with van der Waals surface area (Å²) in [5, 5.41) is 13.2. The van der Waals surface area contributed by atoms with E-state index in [-0.39, 0.29) is 18.6 Å². The number of amides is 2. The van der Waals surface area contributed by atoms with Gasteiger partial charge in [0.25, 0.3) is 0 Å². The van der Waals surface area contributed by atoms with E-state index in [0.717, 1.165) is 41.6 Å². The molecule has 1 atom stereocenters. The Morgan fingerprint density at radius 3 is 3.13 bits per heavy atom. The highest BCUT2D eigenvalue weighted by Crippen LogP contribution is 2.28. The van der Waals surface area contributed by atoms with Gasteiger partial charge in [0.1, 0.15) is 5.75 Å². The molecule has 1 fully saturated rings. The third kappa shape index (κ3) is 3.27. The first-order chi connectivity index (χ1) is 11.2. The first kappa shape index (κ1) is 15.7. The van der Waals surface area contributed by atoms with Gasteiger partial charge < -0.3 is 25.0 Å². The number of carbonyl (C=O) groups excluding carboxylic acids is 1. The van der Waals surface area contributed by atoms with Crippen LogP contribution in [0.4, 0.5) is 4.79 Å². The molecule has 1 aromatic heterocycles. The van der Waals surface area contributed by atoms with Gasteiger partial charge in [0, 0.05) is 49.3 Å². The normalized spacial score (nSPS) is 17.7. The van der Waals surface area contributed by atoms with Gasteiger partial charge in [-0.05, 0) is 30.5 Å². The lowest BCUT2D eigenvalue weighted by Gasteiger charge is -2.17. The number of ether oxygens (including phenoxy) is 1. The van der Waals surface area contributed by atoms with Crippen LogP contribution in [0.1, 0.15) is 12.0 Å². The molecule has 1 aromatic carbocycles. The molecular weight excluding hydrogens is 294 g/mol. The quantitative estimate of drug-likeness (QED) is 0.786. The molecule has 3 rings (SSSR count). The number of hydrogen-bond acceptors (Lipinski definition) is 3. The Morgan fingerprint density at radius 1 is 1.52 bits per heavy atom. The number of rotatable bonds is 5. The Hall–Kier alpha value is -2.21. The summed E-state index contributed by atoms with van der Waals surface area (Å²) in [7, 11) is 1.66. The molecule has 1 aliphatic heterocycles. The lowest BCUT2D eigenvalue weighted by atomic mass is 10.1. The number of hydrogen-bond donors (Lipinski definition) is 3. The third-order valence-corrected chi connectivity index (χ3v) is 4.47. The number of H-pyrrole nitrogens is 1. The van der Waals surface area contributed by atoms with Gasteiger partial charge in [0.2, 0.25) is 0 Å². The molecule has 1 aliphatic rings. The number of likely N-dealkylation sites (tertiary alicyclic amines) is 1. The Balaban J connectivity index is 1.58. The third-order valence-electron chi connectivity index (χ3n) is 4.47. The van der Waals surface area contributed by atoms with E-state index >= 15 is 0 Å². The van der Waals surface area contributed by atoms with Crippen LogP contribution in [0.25, 0.3) is 10.9 Å². The first-order valence-electron chi connectivity index (χ1n) is 7.99. The van der Waals surface area contributed by atoms with Crippen LogP contribution in [0.2, 0.25) is 0 Å². The second-order valence-corrected chi connectivity index (χ2v) is 5.96. The molecule has 6 nitrogen and oxygen atoms in total. The van der Waals surface area contributed by atoms with Crippen LogP contribution in [-0.2, 0) is 6.42 Å². The predicted octanol–water partition coefficient (Wildman–Crippen LogP) is 1.74. The number of aliphatic hydroxyl groups excluding tert-OH is 1. The maximum Gasteiger partial charge on any atom is 0.317 e. The highest BCUT2D eigenvalue weighted by atomic mass is 16.5. The number of carbonyl (C=O) groups is 1. The van der Waals surface area contributed by atoms with E-state index in [9.17, 15) is 4.79 Å². The number of aromatic nitrogens is 1. The van der Waals surface area contributed by atoms with E-state index in [1.54, 1.807) is 12.0 Å². The van der Waals surface area contributed by atoms with Crippen molar-refractivity contribution in [3.63, 3.8) is 0 Å². The van der Waals surface area contributed by atoms with E-state index in [1.165, 1.54) is 0 Å². The maximum atomic E-state index is 12.1. The molecule has 2 aromatic rings. The zero-order valence-electron chi connectivity index (χ0n) is 13.3. The Bertz CT molecular complexity index is 683.